The molecule has 0 spiro atoms. The molecule has 4 nitrogen and oxygen atoms in total. The Morgan fingerprint density at radius 3 is 3.14 bits per heavy atom. The fourth-order valence-electron chi connectivity index (χ4n) is 1.65. The van der Waals surface area contributed by atoms with Gasteiger partial charge in [-0.25, -0.2) is 4.98 Å². The van der Waals surface area contributed by atoms with Crippen LogP contribution in [0, 0.1) is 5.92 Å². The highest BCUT2D eigenvalue weighted by atomic mass is 15.0. The van der Waals surface area contributed by atoms with E-state index < -0.39 is 0 Å². The minimum atomic E-state index is 0.707. The van der Waals surface area contributed by atoms with E-state index in [1.807, 2.05) is 12.1 Å². The van der Waals surface area contributed by atoms with Gasteiger partial charge in [-0.05, 0) is 37.6 Å². The smallest absolute Gasteiger partial charge is 0.126 e. The maximum Gasteiger partial charge on any atom is 0.126 e. The van der Waals surface area contributed by atoms with Crippen LogP contribution in [0.1, 0.15) is 6.42 Å². The number of aromatic nitrogens is 1. The lowest BCUT2D eigenvalue weighted by molar-refractivity contribution is 0.614. The number of rotatable bonds is 3. The first-order valence-corrected chi connectivity index (χ1v) is 5.01. The Balaban J connectivity index is 1.82. The Bertz CT molecular complexity index is 277. The van der Waals surface area contributed by atoms with Gasteiger partial charge in [0.15, 0.2) is 0 Å². The molecule has 0 bridgehead atoms. The highest BCUT2D eigenvalue weighted by molar-refractivity contribution is 5.43. The normalized spacial score (nSPS) is 21.0. The second kappa shape index (κ2) is 4.28. The van der Waals surface area contributed by atoms with E-state index in [0.717, 1.165) is 31.4 Å². The monoisotopic (exact) mass is 192 g/mol. The lowest BCUT2D eigenvalue weighted by Crippen LogP contribution is -2.17. The van der Waals surface area contributed by atoms with Crippen molar-refractivity contribution in [3.05, 3.63) is 18.3 Å². The van der Waals surface area contributed by atoms with E-state index in [9.17, 15) is 0 Å². The molecule has 2 rings (SSSR count). The molecule has 1 aromatic heterocycles. The maximum atomic E-state index is 5.54. The Kier molecular flexibility index (Phi) is 2.84. The van der Waals surface area contributed by atoms with Gasteiger partial charge in [-0.15, -0.1) is 0 Å². The van der Waals surface area contributed by atoms with E-state index >= 15 is 0 Å². The predicted octanol–water partition coefficient (Wildman–Crippen LogP) is 0.685. The molecular weight excluding hydrogens is 176 g/mol. The van der Waals surface area contributed by atoms with Crippen LogP contribution >= 0.6 is 0 Å². The second-order valence-corrected chi connectivity index (χ2v) is 3.72. The molecule has 14 heavy (non-hydrogen) atoms. The van der Waals surface area contributed by atoms with Crippen LogP contribution in [0.5, 0.6) is 0 Å². The third-order valence-electron chi connectivity index (χ3n) is 2.52. The summed E-state index contributed by atoms with van der Waals surface area (Å²) in [5.41, 5.74) is 6.25. The Hall–Kier alpha value is -1.29. The standard InChI is InChI=1S/C10H16N4/c11-9-1-2-10(14-7-9)13-6-8-3-4-12-5-8/h1-2,7-8,12H,3-6,11H2,(H,13,14). The van der Waals surface area contributed by atoms with Crippen LogP contribution in [0.3, 0.4) is 0 Å². The van der Waals surface area contributed by atoms with Crippen molar-refractivity contribution in [2.75, 3.05) is 30.7 Å². The van der Waals surface area contributed by atoms with Crippen molar-refractivity contribution >= 4 is 11.5 Å². The number of hydrogen-bond donors (Lipinski definition) is 3. The van der Waals surface area contributed by atoms with Crippen LogP contribution in [0.2, 0.25) is 0 Å². The topological polar surface area (TPSA) is 63.0 Å². The summed E-state index contributed by atoms with van der Waals surface area (Å²) < 4.78 is 0. The Labute approximate surface area is 83.9 Å². The van der Waals surface area contributed by atoms with Crippen LogP contribution in [0.15, 0.2) is 18.3 Å². The summed E-state index contributed by atoms with van der Waals surface area (Å²) in [6.07, 6.45) is 2.93. The minimum absolute atomic E-state index is 0.707. The Morgan fingerprint density at radius 2 is 2.50 bits per heavy atom. The van der Waals surface area contributed by atoms with E-state index in [1.165, 1.54) is 6.42 Å². The largest absolute Gasteiger partial charge is 0.397 e. The van der Waals surface area contributed by atoms with Gasteiger partial charge in [-0.3, -0.25) is 0 Å². The lowest BCUT2D eigenvalue weighted by Gasteiger charge is -2.10. The number of pyridine rings is 1. The summed E-state index contributed by atoms with van der Waals surface area (Å²) in [6, 6.07) is 3.78. The summed E-state index contributed by atoms with van der Waals surface area (Å²) in [5, 5.41) is 6.64. The van der Waals surface area contributed by atoms with E-state index in [0.29, 0.717) is 5.69 Å². The van der Waals surface area contributed by atoms with Gasteiger partial charge in [0.05, 0.1) is 11.9 Å². The quantitative estimate of drug-likeness (QED) is 0.659. The second-order valence-electron chi connectivity index (χ2n) is 3.72. The molecule has 1 aliphatic rings. The van der Waals surface area contributed by atoms with Gasteiger partial charge in [-0.1, -0.05) is 0 Å². The average molecular weight is 192 g/mol. The zero-order valence-corrected chi connectivity index (χ0v) is 8.16. The van der Waals surface area contributed by atoms with E-state index in [-0.39, 0.29) is 0 Å². The van der Waals surface area contributed by atoms with Crippen molar-refractivity contribution in [2.45, 2.75) is 6.42 Å². The van der Waals surface area contributed by atoms with Crippen LogP contribution in [0.25, 0.3) is 0 Å². The van der Waals surface area contributed by atoms with Gasteiger partial charge in [-0.2, -0.15) is 0 Å². The highest BCUT2D eigenvalue weighted by Crippen LogP contribution is 2.10. The van der Waals surface area contributed by atoms with Crippen molar-refractivity contribution in [2.24, 2.45) is 5.92 Å². The molecule has 2 heterocycles. The number of anilines is 2. The van der Waals surface area contributed by atoms with Gasteiger partial charge in [0.25, 0.3) is 0 Å². The molecule has 4 N–H and O–H groups in total. The molecule has 1 atom stereocenters. The molecule has 0 saturated carbocycles. The van der Waals surface area contributed by atoms with Crippen LogP contribution in [-0.2, 0) is 0 Å². The SMILES string of the molecule is Nc1ccc(NCC2CCNC2)nc1. The van der Waals surface area contributed by atoms with Crippen LogP contribution < -0.4 is 16.4 Å². The fraction of sp³-hybridized carbons (Fsp3) is 0.500. The zero-order valence-electron chi connectivity index (χ0n) is 8.16. The first kappa shape index (κ1) is 9.27. The molecular formula is C10H16N4. The number of nitrogens with two attached hydrogens (primary N) is 1. The van der Waals surface area contributed by atoms with Crippen LogP contribution in [-0.4, -0.2) is 24.6 Å². The van der Waals surface area contributed by atoms with Crippen molar-refractivity contribution < 1.29 is 0 Å². The average Bonchev–Trinajstić information content (AvgIpc) is 2.70. The van der Waals surface area contributed by atoms with E-state index in [4.69, 9.17) is 5.73 Å². The molecule has 0 amide bonds. The molecule has 1 fully saturated rings. The lowest BCUT2D eigenvalue weighted by atomic mass is 10.1. The maximum absolute atomic E-state index is 5.54. The molecule has 4 heteroatoms. The summed E-state index contributed by atoms with van der Waals surface area (Å²) in [4.78, 5) is 4.18. The van der Waals surface area contributed by atoms with Crippen molar-refractivity contribution in [1.29, 1.82) is 0 Å². The number of nitrogens with zero attached hydrogens (tertiary/aromatic N) is 1. The Morgan fingerprint density at radius 1 is 1.57 bits per heavy atom. The summed E-state index contributed by atoms with van der Waals surface area (Å²) in [7, 11) is 0. The summed E-state index contributed by atoms with van der Waals surface area (Å²) in [6.45, 7) is 3.24. The first-order chi connectivity index (χ1) is 6.84. The predicted molar refractivity (Wildman–Crippen MR) is 58.1 cm³/mol. The minimum Gasteiger partial charge on any atom is -0.397 e. The molecule has 1 unspecified atom stereocenters. The highest BCUT2D eigenvalue weighted by Gasteiger charge is 2.13. The number of nitrogen functional groups attached to an aromatic ring is 1. The van der Waals surface area contributed by atoms with Gasteiger partial charge in [0.2, 0.25) is 0 Å². The molecule has 1 saturated heterocycles. The van der Waals surface area contributed by atoms with E-state index in [2.05, 4.69) is 15.6 Å². The summed E-state index contributed by atoms with van der Waals surface area (Å²) in [5.74, 6) is 1.64. The van der Waals surface area contributed by atoms with Gasteiger partial charge in [0, 0.05) is 6.54 Å². The molecule has 1 aliphatic heterocycles. The van der Waals surface area contributed by atoms with Crippen molar-refractivity contribution in [3.8, 4) is 0 Å². The van der Waals surface area contributed by atoms with Crippen molar-refractivity contribution in [3.63, 3.8) is 0 Å². The summed E-state index contributed by atoms with van der Waals surface area (Å²) >= 11 is 0. The molecule has 0 aromatic carbocycles. The van der Waals surface area contributed by atoms with Gasteiger partial charge >= 0.3 is 0 Å². The molecule has 76 valence electrons. The molecule has 0 aliphatic carbocycles. The fourth-order valence-corrected chi connectivity index (χ4v) is 1.65. The van der Waals surface area contributed by atoms with Crippen molar-refractivity contribution in [1.82, 2.24) is 10.3 Å². The van der Waals surface area contributed by atoms with E-state index in [1.54, 1.807) is 6.20 Å². The third kappa shape index (κ3) is 2.35. The van der Waals surface area contributed by atoms with Gasteiger partial charge in [0.1, 0.15) is 5.82 Å². The number of hydrogen-bond acceptors (Lipinski definition) is 4. The zero-order chi connectivity index (χ0) is 9.80. The van der Waals surface area contributed by atoms with Gasteiger partial charge < -0.3 is 16.4 Å². The first-order valence-electron chi connectivity index (χ1n) is 5.01. The number of nitrogens with one attached hydrogen (secondary N) is 2. The molecule has 0 radical (unpaired) electrons. The molecule has 1 aromatic rings. The third-order valence-corrected chi connectivity index (χ3v) is 2.52. The van der Waals surface area contributed by atoms with Crippen LogP contribution in [0.4, 0.5) is 11.5 Å².